The highest BCUT2D eigenvalue weighted by atomic mass is 35.5. The van der Waals surface area contributed by atoms with Crippen molar-refractivity contribution >= 4 is 17.4 Å². The molecule has 1 heterocycles. The van der Waals surface area contributed by atoms with Crippen molar-refractivity contribution in [3.8, 4) is 11.6 Å². The minimum Gasteiger partial charge on any atom is -0.438 e. The standard InChI is InChI=1S/C16H20ClN3O/c1-5-6-13-19-15(18)11(4)16(20-13)21-14-9(2)7-12(17)8-10(14)3/h7-8H,5-6H2,1-4H3,(H2,18,19,20). The molecule has 4 nitrogen and oxygen atoms in total. The van der Waals surface area contributed by atoms with E-state index < -0.39 is 0 Å². The third-order valence-corrected chi connectivity index (χ3v) is 3.50. The number of ether oxygens (including phenoxy) is 1. The van der Waals surface area contributed by atoms with Crippen LogP contribution in [0.4, 0.5) is 5.82 Å². The van der Waals surface area contributed by atoms with Gasteiger partial charge in [-0.3, -0.25) is 0 Å². The van der Waals surface area contributed by atoms with Gasteiger partial charge in [0, 0.05) is 11.4 Å². The van der Waals surface area contributed by atoms with Crippen molar-refractivity contribution in [2.24, 2.45) is 0 Å². The molecular weight excluding hydrogens is 286 g/mol. The zero-order valence-corrected chi connectivity index (χ0v) is 13.6. The SMILES string of the molecule is CCCc1nc(N)c(C)c(Oc2c(C)cc(Cl)cc2C)n1. The lowest BCUT2D eigenvalue weighted by Gasteiger charge is -2.14. The van der Waals surface area contributed by atoms with Crippen molar-refractivity contribution < 1.29 is 4.74 Å². The van der Waals surface area contributed by atoms with Crippen LogP contribution in [0.5, 0.6) is 11.6 Å². The van der Waals surface area contributed by atoms with Crippen LogP contribution in [0, 0.1) is 20.8 Å². The molecule has 0 saturated carbocycles. The van der Waals surface area contributed by atoms with Crippen LogP contribution in [0.3, 0.4) is 0 Å². The number of nitrogens with zero attached hydrogens (tertiary/aromatic N) is 2. The monoisotopic (exact) mass is 305 g/mol. The van der Waals surface area contributed by atoms with Crippen LogP contribution >= 0.6 is 11.6 Å². The molecule has 0 fully saturated rings. The maximum absolute atomic E-state index is 6.05. The van der Waals surface area contributed by atoms with E-state index in [4.69, 9.17) is 22.1 Å². The predicted octanol–water partition coefficient (Wildman–Crippen LogP) is 4.38. The van der Waals surface area contributed by atoms with E-state index in [-0.39, 0.29) is 0 Å². The van der Waals surface area contributed by atoms with Gasteiger partial charge in [0.15, 0.2) is 0 Å². The van der Waals surface area contributed by atoms with E-state index in [9.17, 15) is 0 Å². The van der Waals surface area contributed by atoms with Crippen LogP contribution in [0.2, 0.25) is 5.02 Å². The minimum absolute atomic E-state index is 0.465. The number of aromatic nitrogens is 2. The average molecular weight is 306 g/mol. The van der Waals surface area contributed by atoms with Crippen molar-refractivity contribution in [2.75, 3.05) is 5.73 Å². The van der Waals surface area contributed by atoms with E-state index in [1.54, 1.807) is 0 Å². The van der Waals surface area contributed by atoms with Crippen LogP contribution in [0.1, 0.15) is 35.9 Å². The third kappa shape index (κ3) is 3.45. The normalized spacial score (nSPS) is 10.7. The van der Waals surface area contributed by atoms with E-state index in [1.807, 2.05) is 32.9 Å². The zero-order valence-electron chi connectivity index (χ0n) is 12.8. The first-order valence-electron chi connectivity index (χ1n) is 7.00. The Kier molecular flexibility index (Phi) is 4.68. The summed E-state index contributed by atoms with van der Waals surface area (Å²) in [5.74, 6) is 2.45. The van der Waals surface area contributed by atoms with Crippen molar-refractivity contribution in [1.29, 1.82) is 0 Å². The number of hydrogen-bond acceptors (Lipinski definition) is 4. The number of rotatable bonds is 4. The Bertz CT molecular complexity index is 648. The molecular formula is C16H20ClN3O. The maximum Gasteiger partial charge on any atom is 0.227 e. The summed E-state index contributed by atoms with van der Waals surface area (Å²) < 4.78 is 6.00. The summed E-state index contributed by atoms with van der Waals surface area (Å²) in [5.41, 5.74) is 8.64. The van der Waals surface area contributed by atoms with E-state index >= 15 is 0 Å². The minimum atomic E-state index is 0.465. The summed E-state index contributed by atoms with van der Waals surface area (Å²) >= 11 is 6.05. The number of nitrogens with two attached hydrogens (primary N) is 1. The Morgan fingerprint density at radius 1 is 1.14 bits per heavy atom. The summed E-state index contributed by atoms with van der Waals surface area (Å²) in [6.45, 7) is 7.86. The van der Waals surface area contributed by atoms with Crippen LogP contribution in [0.15, 0.2) is 12.1 Å². The summed E-state index contributed by atoms with van der Waals surface area (Å²) in [4.78, 5) is 8.77. The van der Waals surface area contributed by atoms with Crippen LogP contribution < -0.4 is 10.5 Å². The lowest BCUT2D eigenvalue weighted by molar-refractivity contribution is 0.448. The highest BCUT2D eigenvalue weighted by molar-refractivity contribution is 6.30. The first kappa shape index (κ1) is 15.6. The second-order valence-corrected chi connectivity index (χ2v) is 5.61. The summed E-state index contributed by atoms with van der Waals surface area (Å²) in [5, 5.41) is 0.697. The Hall–Kier alpha value is -1.81. The molecule has 2 aromatic rings. The number of hydrogen-bond donors (Lipinski definition) is 1. The van der Waals surface area contributed by atoms with Gasteiger partial charge in [0.1, 0.15) is 17.4 Å². The van der Waals surface area contributed by atoms with Gasteiger partial charge in [-0.05, 0) is 50.5 Å². The van der Waals surface area contributed by atoms with Gasteiger partial charge >= 0.3 is 0 Å². The highest BCUT2D eigenvalue weighted by Crippen LogP contribution is 2.32. The molecule has 0 unspecified atom stereocenters. The van der Waals surface area contributed by atoms with Crippen molar-refractivity contribution in [1.82, 2.24) is 9.97 Å². The summed E-state index contributed by atoms with van der Waals surface area (Å²) in [6, 6.07) is 3.74. The van der Waals surface area contributed by atoms with E-state index in [0.29, 0.717) is 22.5 Å². The number of aryl methyl sites for hydroxylation is 3. The van der Waals surface area contributed by atoms with Gasteiger partial charge < -0.3 is 10.5 Å². The molecule has 21 heavy (non-hydrogen) atoms. The van der Waals surface area contributed by atoms with E-state index in [0.717, 1.165) is 35.3 Å². The molecule has 5 heteroatoms. The van der Waals surface area contributed by atoms with E-state index in [2.05, 4.69) is 16.9 Å². The van der Waals surface area contributed by atoms with Gasteiger partial charge in [0.25, 0.3) is 0 Å². The molecule has 1 aromatic carbocycles. The Morgan fingerprint density at radius 3 is 2.33 bits per heavy atom. The molecule has 0 radical (unpaired) electrons. The zero-order chi connectivity index (χ0) is 15.6. The fourth-order valence-electron chi connectivity index (χ4n) is 2.15. The van der Waals surface area contributed by atoms with E-state index in [1.165, 1.54) is 0 Å². The Labute approximate surface area is 130 Å². The quantitative estimate of drug-likeness (QED) is 0.910. The van der Waals surface area contributed by atoms with Gasteiger partial charge in [-0.2, -0.15) is 4.98 Å². The van der Waals surface area contributed by atoms with Crippen molar-refractivity contribution in [3.63, 3.8) is 0 Å². The van der Waals surface area contributed by atoms with Crippen LogP contribution in [0.25, 0.3) is 0 Å². The van der Waals surface area contributed by atoms with Gasteiger partial charge in [0.05, 0.1) is 5.56 Å². The van der Waals surface area contributed by atoms with Gasteiger partial charge in [-0.15, -0.1) is 0 Å². The Morgan fingerprint density at radius 2 is 1.76 bits per heavy atom. The summed E-state index contributed by atoms with van der Waals surface area (Å²) in [6.07, 6.45) is 1.74. The molecule has 0 aliphatic rings. The van der Waals surface area contributed by atoms with Crippen molar-refractivity contribution in [3.05, 3.63) is 39.7 Å². The molecule has 0 bridgehead atoms. The molecule has 1 aromatic heterocycles. The van der Waals surface area contributed by atoms with Crippen LogP contribution in [-0.4, -0.2) is 9.97 Å². The smallest absolute Gasteiger partial charge is 0.227 e. The fraction of sp³-hybridized carbons (Fsp3) is 0.375. The third-order valence-electron chi connectivity index (χ3n) is 3.28. The lowest BCUT2D eigenvalue weighted by Crippen LogP contribution is -2.05. The van der Waals surface area contributed by atoms with Gasteiger partial charge in [-0.25, -0.2) is 4.98 Å². The molecule has 2 rings (SSSR count). The highest BCUT2D eigenvalue weighted by Gasteiger charge is 2.13. The van der Waals surface area contributed by atoms with Crippen LogP contribution in [-0.2, 0) is 6.42 Å². The fourth-order valence-corrected chi connectivity index (χ4v) is 2.48. The van der Waals surface area contributed by atoms with Crippen molar-refractivity contribution in [2.45, 2.75) is 40.5 Å². The maximum atomic E-state index is 6.05. The Balaban J connectivity index is 2.44. The number of benzene rings is 1. The first-order chi connectivity index (χ1) is 9.92. The average Bonchev–Trinajstić information content (AvgIpc) is 2.39. The molecule has 0 atom stereocenters. The number of nitrogen functional groups attached to an aromatic ring is 1. The lowest BCUT2D eigenvalue weighted by atomic mass is 10.1. The first-order valence-corrected chi connectivity index (χ1v) is 7.37. The number of anilines is 1. The van der Waals surface area contributed by atoms with Gasteiger partial charge in [0.2, 0.25) is 5.88 Å². The molecule has 0 amide bonds. The molecule has 0 aliphatic heterocycles. The molecule has 2 N–H and O–H groups in total. The molecule has 0 aliphatic carbocycles. The summed E-state index contributed by atoms with van der Waals surface area (Å²) in [7, 11) is 0. The predicted molar refractivity (Wildman–Crippen MR) is 86.2 cm³/mol. The number of halogens is 1. The topological polar surface area (TPSA) is 61.0 Å². The molecule has 112 valence electrons. The van der Waals surface area contributed by atoms with Gasteiger partial charge in [-0.1, -0.05) is 18.5 Å². The molecule has 0 spiro atoms. The second kappa shape index (κ2) is 6.31. The molecule has 0 saturated heterocycles. The largest absolute Gasteiger partial charge is 0.438 e. The second-order valence-electron chi connectivity index (χ2n) is 5.18.